The molecule has 6 nitrogen and oxygen atoms in total. The van der Waals surface area contributed by atoms with Crippen LogP contribution in [0.4, 0.5) is 11.9 Å². The Kier molecular flexibility index (Phi) is 2.01. The Hall–Kier alpha value is -1.76. The summed E-state index contributed by atoms with van der Waals surface area (Å²) in [5, 5.41) is 2.79. The average molecular weight is 208 g/mol. The van der Waals surface area contributed by atoms with E-state index in [0.717, 1.165) is 5.01 Å². The van der Waals surface area contributed by atoms with Crippen molar-refractivity contribution in [3.63, 3.8) is 0 Å². The second-order valence-electron chi connectivity index (χ2n) is 2.63. The van der Waals surface area contributed by atoms with Crippen LogP contribution >= 0.6 is 11.3 Å². The first-order valence-corrected chi connectivity index (χ1v) is 4.72. The fourth-order valence-electron chi connectivity index (χ4n) is 0.990. The molecular formula is C7H8N6S. The number of hydrogen-bond acceptors (Lipinski definition) is 7. The molecule has 0 atom stereocenters. The van der Waals surface area contributed by atoms with Crippen molar-refractivity contribution in [3.8, 4) is 11.5 Å². The molecule has 0 aliphatic heterocycles. The molecule has 0 bridgehead atoms. The Balaban J connectivity index is 2.51. The van der Waals surface area contributed by atoms with E-state index in [2.05, 4.69) is 19.9 Å². The molecule has 2 rings (SSSR count). The highest BCUT2D eigenvalue weighted by molar-refractivity contribution is 7.09. The van der Waals surface area contributed by atoms with E-state index in [0.29, 0.717) is 11.5 Å². The van der Waals surface area contributed by atoms with Gasteiger partial charge in [0.05, 0.1) is 5.01 Å². The molecule has 0 spiro atoms. The van der Waals surface area contributed by atoms with Crippen molar-refractivity contribution in [2.45, 2.75) is 6.92 Å². The summed E-state index contributed by atoms with van der Waals surface area (Å²) in [7, 11) is 0. The first kappa shape index (κ1) is 8.82. The molecule has 0 saturated carbocycles. The lowest BCUT2D eigenvalue weighted by atomic mass is 10.4. The molecule has 0 radical (unpaired) electrons. The Morgan fingerprint density at radius 2 is 1.71 bits per heavy atom. The molecule has 7 heteroatoms. The smallest absolute Gasteiger partial charge is 0.225 e. The van der Waals surface area contributed by atoms with Gasteiger partial charge in [-0.2, -0.15) is 15.0 Å². The Morgan fingerprint density at radius 1 is 1.07 bits per heavy atom. The molecule has 4 N–H and O–H groups in total. The second-order valence-corrected chi connectivity index (χ2v) is 3.69. The molecule has 0 aromatic carbocycles. The number of thiazole rings is 1. The van der Waals surface area contributed by atoms with Gasteiger partial charge in [-0.05, 0) is 6.92 Å². The van der Waals surface area contributed by atoms with Crippen molar-refractivity contribution in [1.29, 1.82) is 0 Å². The summed E-state index contributed by atoms with van der Waals surface area (Å²) in [5.41, 5.74) is 11.5. The van der Waals surface area contributed by atoms with E-state index in [1.54, 1.807) is 0 Å². The standard InChI is InChI=1S/C7H8N6S/c1-3-10-4(2-14-3)5-11-6(8)13-7(9)12-5/h2H,1H3,(H4,8,9,11,12,13). The zero-order chi connectivity index (χ0) is 10.1. The number of hydrogen-bond donors (Lipinski definition) is 2. The number of aryl methyl sites for hydroxylation is 1. The highest BCUT2D eigenvalue weighted by atomic mass is 32.1. The molecule has 2 heterocycles. The van der Waals surface area contributed by atoms with Gasteiger partial charge in [-0.15, -0.1) is 11.3 Å². The van der Waals surface area contributed by atoms with Crippen molar-refractivity contribution in [3.05, 3.63) is 10.4 Å². The average Bonchev–Trinajstić information content (AvgIpc) is 2.50. The molecule has 2 aromatic rings. The predicted molar refractivity (Wildman–Crippen MR) is 54.5 cm³/mol. The highest BCUT2D eigenvalue weighted by Gasteiger charge is 2.07. The summed E-state index contributed by atoms with van der Waals surface area (Å²) in [5.74, 6) is 0.635. The van der Waals surface area contributed by atoms with Crippen molar-refractivity contribution in [1.82, 2.24) is 19.9 Å². The van der Waals surface area contributed by atoms with Gasteiger partial charge in [-0.25, -0.2) is 4.98 Å². The highest BCUT2D eigenvalue weighted by Crippen LogP contribution is 2.18. The first-order chi connectivity index (χ1) is 6.65. The maximum absolute atomic E-state index is 5.44. The van der Waals surface area contributed by atoms with Crippen molar-refractivity contribution < 1.29 is 0 Å². The summed E-state index contributed by atoms with van der Waals surface area (Å²) in [4.78, 5) is 15.8. The van der Waals surface area contributed by atoms with Crippen LogP contribution in [0.1, 0.15) is 5.01 Å². The second kappa shape index (κ2) is 3.18. The van der Waals surface area contributed by atoms with Crippen molar-refractivity contribution in [2.75, 3.05) is 11.5 Å². The monoisotopic (exact) mass is 208 g/mol. The Morgan fingerprint density at radius 3 is 2.21 bits per heavy atom. The van der Waals surface area contributed by atoms with Gasteiger partial charge in [0.25, 0.3) is 0 Å². The van der Waals surface area contributed by atoms with Gasteiger partial charge in [0.2, 0.25) is 11.9 Å². The maximum Gasteiger partial charge on any atom is 0.225 e. The van der Waals surface area contributed by atoms with E-state index in [1.807, 2.05) is 12.3 Å². The lowest BCUT2D eigenvalue weighted by molar-refractivity contribution is 1.07. The summed E-state index contributed by atoms with van der Waals surface area (Å²) in [6, 6.07) is 0. The minimum absolute atomic E-state index is 0.109. The lowest BCUT2D eigenvalue weighted by Crippen LogP contribution is -2.04. The quantitative estimate of drug-likeness (QED) is 0.705. The van der Waals surface area contributed by atoms with Crippen LogP contribution in [0.3, 0.4) is 0 Å². The Bertz CT molecular complexity index is 445. The van der Waals surface area contributed by atoms with E-state index < -0.39 is 0 Å². The normalized spacial score (nSPS) is 10.4. The van der Waals surface area contributed by atoms with Crippen LogP contribution in [0.5, 0.6) is 0 Å². The third kappa shape index (κ3) is 1.62. The minimum atomic E-state index is 0.109. The number of nitrogen functional groups attached to an aromatic ring is 2. The van der Waals surface area contributed by atoms with Gasteiger partial charge < -0.3 is 11.5 Å². The summed E-state index contributed by atoms with van der Waals surface area (Å²) < 4.78 is 0. The molecule has 14 heavy (non-hydrogen) atoms. The predicted octanol–water partition coefficient (Wildman–Crippen LogP) is 0.468. The van der Waals surface area contributed by atoms with Gasteiger partial charge in [0, 0.05) is 5.38 Å². The number of rotatable bonds is 1. The number of nitrogens with two attached hydrogens (primary N) is 2. The van der Waals surface area contributed by atoms with Gasteiger partial charge in [-0.3, -0.25) is 0 Å². The zero-order valence-corrected chi connectivity index (χ0v) is 8.25. The first-order valence-electron chi connectivity index (χ1n) is 3.84. The molecule has 0 saturated heterocycles. The maximum atomic E-state index is 5.44. The zero-order valence-electron chi connectivity index (χ0n) is 7.43. The summed E-state index contributed by atoms with van der Waals surface area (Å²) in [6.07, 6.45) is 0. The number of aromatic nitrogens is 4. The molecule has 0 unspecified atom stereocenters. The van der Waals surface area contributed by atoms with Crippen LogP contribution in [-0.4, -0.2) is 19.9 Å². The number of nitrogens with zero attached hydrogens (tertiary/aromatic N) is 4. The molecule has 0 aliphatic rings. The topological polar surface area (TPSA) is 104 Å². The summed E-state index contributed by atoms with van der Waals surface area (Å²) >= 11 is 1.52. The molecule has 0 amide bonds. The van der Waals surface area contributed by atoms with E-state index >= 15 is 0 Å². The molecule has 2 aromatic heterocycles. The molecule has 72 valence electrons. The van der Waals surface area contributed by atoms with Crippen LogP contribution in [0.25, 0.3) is 11.5 Å². The minimum Gasteiger partial charge on any atom is -0.368 e. The van der Waals surface area contributed by atoms with Crippen LogP contribution < -0.4 is 11.5 Å². The van der Waals surface area contributed by atoms with Crippen LogP contribution in [0.15, 0.2) is 5.38 Å². The largest absolute Gasteiger partial charge is 0.368 e. The van der Waals surface area contributed by atoms with Gasteiger partial charge in [-0.1, -0.05) is 0 Å². The van der Waals surface area contributed by atoms with Crippen molar-refractivity contribution in [2.24, 2.45) is 0 Å². The van der Waals surface area contributed by atoms with Crippen LogP contribution in [0.2, 0.25) is 0 Å². The fraction of sp³-hybridized carbons (Fsp3) is 0.143. The molecule has 0 fully saturated rings. The fourth-order valence-corrected chi connectivity index (χ4v) is 1.58. The molecular weight excluding hydrogens is 200 g/mol. The van der Waals surface area contributed by atoms with E-state index in [1.165, 1.54) is 11.3 Å². The van der Waals surface area contributed by atoms with E-state index in [4.69, 9.17) is 11.5 Å². The summed E-state index contributed by atoms with van der Waals surface area (Å²) in [6.45, 7) is 1.90. The molecule has 0 aliphatic carbocycles. The van der Waals surface area contributed by atoms with Crippen LogP contribution in [0, 0.1) is 6.92 Å². The lowest BCUT2D eigenvalue weighted by Gasteiger charge is -1.97. The van der Waals surface area contributed by atoms with E-state index in [9.17, 15) is 0 Å². The SMILES string of the molecule is Cc1nc(-c2nc(N)nc(N)n2)cs1. The number of anilines is 2. The van der Waals surface area contributed by atoms with Gasteiger partial charge >= 0.3 is 0 Å². The third-order valence-corrected chi connectivity index (χ3v) is 2.29. The van der Waals surface area contributed by atoms with E-state index in [-0.39, 0.29) is 11.9 Å². The van der Waals surface area contributed by atoms with Crippen LogP contribution in [-0.2, 0) is 0 Å². The third-order valence-electron chi connectivity index (χ3n) is 1.52. The van der Waals surface area contributed by atoms with Crippen molar-refractivity contribution >= 4 is 23.2 Å². The van der Waals surface area contributed by atoms with Gasteiger partial charge in [0.15, 0.2) is 5.82 Å². The van der Waals surface area contributed by atoms with Gasteiger partial charge in [0.1, 0.15) is 5.69 Å². The Labute approximate surface area is 84.1 Å².